The van der Waals surface area contributed by atoms with E-state index in [9.17, 15) is 21.6 Å². The van der Waals surface area contributed by atoms with Crippen LogP contribution in [0.4, 0.5) is 24.0 Å². The van der Waals surface area contributed by atoms with Crippen LogP contribution in [0.15, 0.2) is 46.8 Å². The molecule has 0 fully saturated rings. The van der Waals surface area contributed by atoms with Crippen LogP contribution in [0.3, 0.4) is 0 Å². The predicted octanol–water partition coefficient (Wildman–Crippen LogP) is 4.38. The smallest absolute Gasteiger partial charge is 0.417 e. The second-order valence-electron chi connectivity index (χ2n) is 5.73. The van der Waals surface area contributed by atoms with E-state index in [-0.39, 0.29) is 5.69 Å². The third kappa shape index (κ3) is 4.42. The molecule has 0 radical (unpaired) electrons. The fraction of sp³-hybridized carbons (Fsp3) is 0.176. The van der Waals surface area contributed by atoms with Crippen LogP contribution < -0.4 is 10.1 Å². The van der Waals surface area contributed by atoms with Crippen molar-refractivity contribution >= 4 is 32.0 Å². The summed E-state index contributed by atoms with van der Waals surface area (Å²) in [4.78, 5) is 7.57. The summed E-state index contributed by atoms with van der Waals surface area (Å²) in [6.07, 6.45) is -2.52. The molecule has 3 rings (SSSR count). The number of anilines is 2. The van der Waals surface area contributed by atoms with Gasteiger partial charge in [0.25, 0.3) is 0 Å². The van der Waals surface area contributed by atoms with E-state index < -0.39 is 26.5 Å². The average molecular weight is 429 g/mol. The van der Waals surface area contributed by atoms with Crippen molar-refractivity contribution in [3.8, 4) is 17.1 Å². The Balaban J connectivity index is 1.91. The van der Waals surface area contributed by atoms with Crippen molar-refractivity contribution in [2.75, 3.05) is 18.7 Å². The van der Waals surface area contributed by atoms with Crippen LogP contribution in [0, 0.1) is 0 Å². The first-order valence-electron chi connectivity index (χ1n) is 7.72. The monoisotopic (exact) mass is 429 g/mol. The summed E-state index contributed by atoms with van der Waals surface area (Å²) in [5.74, 6) is 0.409. The van der Waals surface area contributed by atoms with E-state index in [2.05, 4.69) is 15.3 Å². The Morgan fingerprint density at radius 2 is 1.93 bits per heavy atom. The lowest BCUT2D eigenvalue weighted by Crippen LogP contribution is -2.13. The molecule has 148 valence electrons. The van der Waals surface area contributed by atoms with Gasteiger partial charge in [0.15, 0.2) is 15.0 Å². The predicted molar refractivity (Wildman–Crippen MR) is 99.7 cm³/mol. The van der Waals surface area contributed by atoms with Crippen molar-refractivity contribution in [1.29, 1.82) is 0 Å². The van der Waals surface area contributed by atoms with Crippen LogP contribution in [-0.4, -0.2) is 31.8 Å². The van der Waals surface area contributed by atoms with Gasteiger partial charge in [-0.15, -0.1) is 11.3 Å². The van der Waals surface area contributed by atoms with Gasteiger partial charge in [-0.25, -0.2) is 18.4 Å². The number of nitrogens with zero attached hydrogens (tertiary/aromatic N) is 2. The van der Waals surface area contributed by atoms with Crippen molar-refractivity contribution in [1.82, 2.24) is 9.97 Å². The molecule has 2 aromatic heterocycles. The van der Waals surface area contributed by atoms with Gasteiger partial charge in [-0.3, -0.25) is 0 Å². The lowest BCUT2D eigenvalue weighted by atomic mass is 10.2. The topological polar surface area (TPSA) is 81.2 Å². The van der Waals surface area contributed by atoms with Gasteiger partial charge in [0.2, 0.25) is 5.88 Å². The number of methoxy groups -OCH3 is 1. The number of aromatic nitrogens is 2. The summed E-state index contributed by atoms with van der Waals surface area (Å²) in [5, 5.41) is 4.86. The number of hydrogen-bond acceptors (Lipinski definition) is 7. The second kappa shape index (κ2) is 7.40. The number of rotatable bonds is 5. The SMILES string of the molecule is COc1cc(-c2csc(Nc3ccc(S(C)(=O)=O)c(C(F)(F)F)c3)n2)ccn1. The van der Waals surface area contributed by atoms with Gasteiger partial charge < -0.3 is 10.1 Å². The largest absolute Gasteiger partial charge is 0.481 e. The molecule has 0 unspecified atom stereocenters. The maximum absolute atomic E-state index is 13.3. The summed E-state index contributed by atoms with van der Waals surface area (Å²) < 4.78 is 68.1. The maximum atomic E-state index is 13.3. The summed E-state index contributed by atoms with van der Waals surface area (Å²) in [6, 6.07) is 6.36. The zero-order valence-corrected chi connectivity index (χ0v) is 16.2. The number of benzene rings is 1. The maximum Gasteiger partial charge on any atom is 0.417 e. The minimum atomic E-state index is -4.81. The molecule has 2 heterocycles. The standard InChI is InChI=1S/C17H14F3N3O3S2/c1-26-15-7-10(5-6-21-15)13-9-27-16(23-13)22-11-3-4-14(28(2,24)25)12(8-11)17(18,19)20/h3-9H,1-2H3,(H,22,23). The fourth-order valence-corrected chi connectivity index (χ4v) is 4.05. The van der Waals surface area contributed by atoms with Gasteiger partial charge >= 0.3 is 6.18 Å². The van der Waals surface area contributed by atoms with E-state index >= 15 is 0 Å². The number of pyridine rings is 1. The quantitative estimate of drug-likeness (QED) is 0.648. The molecule has 0 atom stereocenters. The summed E-state index contributed by atoms with van der Waals surface area (Å²) in [5.41, 5.74) is 0.181. The molecule has 3 aromatic rings. The first-order chi connectivity index (χ1) is 13.1. The van der Waals surface area contributed by atoms with Gasteiger partial charge in [0.05, 0.1) is 23.3 Å². The first-order valence-corrected chi connectivity index (χ1v) is 10.5. The zero-order valence-electron chi connectivity index (χ0n) is 14.6. The Kier molecular flexibility index (Phi) is 5.31. The number of ether oxygens (including phenoxy) is 1. The molecule has 0 amide bonds. The van der Waals surface area contributed by atoms with Crippen molar-refractivity contribution < 1.29 is 26.3 Å². The molecular formula is C17H14F3N3O3S2. The van der Waals surface area contributed by atoms with Crippen LogP contribution >= 0.6 is 11.3 Å². The molecule has 0 spiro atoms. The summed E-state index contributed by atoms with van der Waals surface area (Å²) >= 11 is 1.19. The molecule has 0 bridgehead atoms. The van der Waals surface area contributed by atoms with Gasteiger partial charge in [0, 0.05) is 35.1 Å². The normalized spacial score (nSPS) is 12.0. The van der Waals surface area contributed by atoms with E-state index in [1.165, 1.54) is 24.5 Å². The molecule has 0 aliphatic carbocycles. The highest BCUT2D eigenvalue weighted by Crippen LogP contribution is 2.37. The van der Waals surface area contributed by atoms with E-state index in [0.29, 0.717) is 16.7 Å². The van der Waals surface area contributed by atoms with Crippen LogP contribution in [0.25, 0.3) is 11.3 Å². The molecular weight excluding hydrogens is 415 g/mol. The second-order valence-corrected chi connectivity index (χ2v) is 8.57. The lowest BCUT2D eigenvalue weighted by Gasteiger charge is -2.13. The van der Waals surface area contributed by atoms with Gasteiger partial charge in [-0.2, -0.15) is 13.2 Å². The highest BCUT2D eigenvalue weighted by Gasteiger charge is 2.36. The molecule has 11 heteroatoms. The number of nitrogens with one attached hydrogen (secondary N) is 1. The van der Waals surface area contributed by atoms with Crippen molar-refractivity contribution in [3.63, 3.8) is 0 Å². The number of hydrogen-bond donors (Lipinski definition) is 1. The summed E-state index contributed by atoms with van der Waals surface area (Å²) in [7, 11) is -2.54. The molecule has 6 nitrogen and oxygen atoms in total. The van der Waals surface area contributed by atoms with Crippen molar-refractivity contribution in [2.24, 2.45) is 0 Å². The van der Waals surface area contributed by atoms with Crippen molar-refractivity contribution in [3.05, 3.63) is 47.5 Å². The van der Waals surface area contributed by atoms with Crippen LogP contribution in [0.5, 0.6) is 5.88 Å². The van der Waals surface area contributed by atoms with Crippen LogP contribution in [0.2, 0.25) is 0 Å². The van der Waals surface area contributed by atoms with Crippen LogP contribution in [-0.2, 0) is 16.0 Å². The molecule has 1 N–H and O–H groups in total. The number of halogens is 3. The Morgan fingerprint density at radius 1 is 1.18 bits per heavy atom. The van der Waals surface area contributed by atoms with Gasteiger partial charge in [-0.05, 0) is 24.3 Å². The molecule has 28 heavy (non-hydrogen) atoms. The minimum Gasteiger partial charge on any atom is -0.481 e. The Morgan fingerprint density at radius 3 is 2.57 bits per heavy atom. The molecule has 0 saturated heterocycles. The molecule has 0 aliphatic heterocycles. The minimum absolute atomic E-state index is 0.0768. The van der Waals surface area contributed by atoms with Crippen LogP contribution in [0.1, 0.15) is 5.56 Å². The van der Waals surface area contributed by atoms with Gasteiger partial charge in [0.1, 0.15) is 0 Å². The zero-order chi connectivity index (χ0) is 20.5. The number of sulfone groups is 1. The fourth-order valence-electron chi connectivity index (χ4n) is 2.42. The Labute approximate surface area is 163 Å². The van der Waals surface area contributed by atoms with Gasteiger partial charge in [-0.1, -0.05) is 0 Å². The lowest BCUT2D eigenvalue weighted by molar-refractivity contribution is -0.139. The van der Waals surface area contributed by atoms with E-state index in [1.807, 2.05) is 0 Å². The highest BCUT2D eigenvalue weighted by molar-refractivity contribution is 7.90. The molecule has 1 aromatic carbocycles. The van der Waals surface area contributed by atoms with Crippen molar-refractivity contribution in [2.45, 2.75) is 11.1 Å². The first kappa shape index (κ1) is 20.1. The summed E-state index contributed by atoms with van der Waals surface area (Å²) in [6.45, 7) is 0. The Hall–Kier alpha value is -2.66. The van der Waals surface area contributed by atoms with E-state index in [1.54, 1.807) is 23.7 Å². The Bertz CT molecular complexity index is 1110. The molecule has 0 aliphatic rings. The van der Waals surface area contributed by atoms with E-state index in [4.69, 9.17) is 4.74 Å². The average Bonchev–Trinajstić information content (AvgIpc) is 3.08. The number of thiazole rings is 1. The highest BCUT2D eigenvalue weighted by atomic mass is 32.2. The van der Waals surface area contributed by atoms with E-state index in [0.717, 1.165) is 24.0 Å². The molecule has 0 saturated carbocycles. The third-order valence-electron chi connectivity index (χ3n) is 3.68. The third-order valence-corrected chi connectivity index (χ3v) is 5.59. The number of alkyl halides is 3.